The summed E-state index contributed by atoms with van der Waals surface area (Å²) in [7, 11) is 0. The van der Waals surface area contributed by atoms with Crippen LogP contribution in [0.15, 0.2) is 29.3 Å². The van der Waals surface area contributed by atoms with E-state index in [0.29, 0.717) is 17.8 Å². The van der Waals surface area contributed by atoms with Crippen LogP contribution in [0.2, 0.25) is 0 Å². The van der Waals surface area contributed by atoms with Crippen molar-refractivity contribution in [2.75, 3.05) is 19.4 Å². The lowest BCUT2D eigenvalue weighted by Crippen LogP contribution is -2.38. The van der Waals surface area contributed by atoms with Gasteiger partial charge in [0, 0.05) is 17.2 Å². The lowest BCUT2D eigenvalue weighted by Gasteiger charge is -2.29. The number of fused-ring (bicyclic) bond motifs is 1. The second kappa shape index (κ2) is 9.01. The molecule has 23 heavy (non-hydrogen) atoms. The first-order valence-corrected chi connectivity index (χ1v) is 9.01. The molecule has 0 bridgehead atoms. The van der Waals surface area contributed by atoms with Gasteiger partial charge in [0.15, 0.2) is 5.96 Å². The molecule has 1 aliphatic heterocycles. The minimum Gasteiger partial charge on any atom is -0.493 e. The Labute approximate surface area is 161 Å². The van der Waals surface area contributed by atoms with Gasteiger partial charge < -0.3 is 15.8 Å². The fourth-order valence-corrected chi connectivity index (χ4v) is 3.53. The van der Waals surface area contributed by atoms with Crippen molar-refractivity contribution in [3.05, 3.63) is 29.8 Å². The number of halogens is 1. The van der Waals surface area contributed by atoms with Crippen molar-refractivity contribution in [3.63, 3.8) is 0 Å². The Balaban J connectivity index is 0.00000264. The fraction of sp³-hybridized carbons (Fsp3) is 0.588. The van der Waals surface area contributed by atoms with Gasteiger partial charge in [0.2, 0.25) is 0 Å². The Hall–Kier alpha value is -0.630. The zero-order valence-electron chi connectivity index (χ0n) is 14.3. The number of aliphatic imine (C=N–C) groups is 1. The highest BCUT2D eigenvalue weighted by molar-refractivity contribution is 14.0. The highest BCUT2D eigenvalue weighted by Crippen LogP contribution is 2.31. The molecule has 1 aromatic rings. The smallest absolute Gasteiger partial charge is 0.189 e. The molecule has 0 saturated heterocycles. The summed E-state index contributed by atoms with van der Waals surface area (Å²) in [5.41, 5.74) is 7.47. The Bertz CT molecular complexity index is 531. The summed E-state index contributed by atoms with van der Waals surface area (Å²) in [5.74, 6) is 1.46. The summed E-state index contributed by atoms with van der Waals surface area (Å²) < 4.78 is 5.67. The van der Waals surface area contributed by atoms with E-state index >= 15 is 0 Å². The van der Waals surface area contributed by atoms with Crippen molar-refractivity contribution in [2.45, 2.75) is 38.5 Å². The molecule has 0 amide bonds. The number of para-hydroxylation sites is 1. The number of nitrogens with zero attached hydrogens (tertiary/aromatic N) is 1. The van der Waals surface area contributed by atoms with E-state index in [-0.39, 0.29) is 35.4 Å². The minimum absolute atomic E-state index is 0. The van der Waals surface area contributed by atoms with Gasteiger partial charge in [-0.05, 0) is 17.7 Å². The normalized spacial score (nSPS) is 19.1. The van der Waals surface area contributed by atoms with Crippen molar-refractivity contribution in [3.8, 4) is 5.75 Å². The molecule has 2 atom stereocenters. The van der Waals surface area contributed by atoms with Crippen LogP contribution in [0.3, 0.4) is 0 Å². The Morgan fingerprint density at radius 2 is 2.13 bits per heavy atom. The van der Waals surface area contributed by atoms with E-state index in [1.807, 2.05) is 30.0 Å². The monoisotopic (exact) mass is 449 g/mol. The molecular formula is C17H28IN3OS. The average Bonchev–Trinajstić information content (AvgIpc) is 2.47. The number of thioether (sulfide) groups is 1. The molecule has 1 heterocycles. The number of rotatable bonds is 4. The van der Waals surface area contributed by atoms with E-state index in [1.54, 1.807) is 0 Å². The van der Waals surface area contributed by atoms with Crippen LogP contribution in [0.25, 0.3) is 0 Å². The third-order valence-corrected chi connectivity index (χ3v) is 5.38. The molecule has 0 aliphatic carbocycles. The summed E-state index contributed by atoms with van der Waals surface area (Å²) in [4.78, 5) is 4.55. The lowest BCUT2D eigenvalue weighted by molar-refractivity contribution is 0.262. The summed E-state index contributed by atoms with van der Waals surface area (Å²) in [6.07, 6.45) is 3.03. The molecule has 0 spiro atoms. The van der Waals surface area contributed by atoms with Crippen molar-refractivity contribution in [2.24, 2.45) is 16.1 Å². The molecule has 1 aromatic carbocycles. The van der Waals surface area contributed by atoms with E-state index in [0.717, 1.165) is 24.3 Å². The number of guanidine groups is 1. The first kappa shape index (κ1) is 20.4. The second-order valence-electron chi connectivity index (χ2n) is 6.69. The van der Waals surface area contributed by atoms with Crippen molar-refractivity contribution in [1.29, 1.82) is 0 Å². The first-order valence-electron chi connectivity index (χ1n) is 7.73. The van der Waals surface area contributed by atoms with E-state index in [4.69, 9.17) is 10.5 Å². The predicted octanol–water partition coefficient (Wildman–Crippen LogP) is 3.81. The molecule has 1 aliphatic rings. The Morgan fingerprint density at radius 3 is 2.78 bits per heavy atom. The maximum absolute atomic E-state index is 6.10. The number of ether oxygens (including phenoxy) is 1. The number of hydrogen-bond acceptors (Lipinski definition) is 3. The van der Waals surface area contributed by atoms with Crippen LogP contribution >= 0.6 is 35.7 Å². The van der Waals surface area contributed by atoms with E-state index in [2.05, 4.69) is 43.4 Å². The maximum atomic E-state index is 6.10. The SMILES string of the molecule is CSC(CN=C(N)NC1CCOc2ccccc21)C(C)(C)C.I. The van der Waals surface area contributed by atoms with E-state index in [1.165, 1.54) is 0 Å². The topological polar surface area (TPSA) is 59.6 Å². The molecule has 0 saturated carbocycles. The Kier molecular flexibility index (Phi) is 8.00. The highest BCUT2D eigenvalue weighted by Gasteiger charge is 2.24. The van der Waals surface area contributed by atoms with Gasteiger partial charge in [-0.3, -0.25) is 4.99 Å². The van der Waals surface area contributed by atoms with Crippen LogP contribution in [-0.2, 0) is 0 Å². The summed E-state index contributed by atoms with van der Waals surface area (Å²) in [6, 6.07) is 8.28. The summed E-state index contributed by atoms with van der Waals surface area (Å²) in [6.45, 7) is 8.15. The summed E-state index contributed by atoms with van der Waals surface area (Å²) >= 11 is 1.84. The molecule has 6 heteroatoms. The van der Waals surface area contributed by atoms with Gasteiger partial charge >= 0.3 is 0 Å². The molecule has 3 N–H and O–H groups in total. The number of benzene rings is 1. The zero-order valence-corrected chi connectivity index (χ0v) is 17.5. The first-order chi connectivity index (χ1) is 10.4. The van der Waals surface area contributed by atoms with E-state index < -0.39 is 0 Å². The molecule has 130 valence electrons. The van der Waals surface area contributed by atoms with Gasteiger partial charge in [-0.25, -0.2) is 0 Å². The maximum Gasteiger partial charge on any atom is 0.189 e. The molecular weight excluding hydrogens is 421 g/mol. The van der Waals surface area contributed by atoms with Crippen LogP contribution in [0, 0.1) is 5.41 Å². The quantitative estimate of drug-likeness (QED) is 0.417. The van der Waals surface area contributed by atoms with Gasteiger partial charge in [-0.1, -0.05) is 39.0 Å². The van der Waals surface area contributed by atoms with E-state index in [9.17, 15) is 0 Å². The van der Waals surface area contributed by atoms with Crippen LogP contribution in [-0.4, -0.2) is 30.6 Å². The molecule has 0 fully saturated rings. The zero-order chi connectivity index (χ0) is 16.2. The molecule has 4 nitrogen and oxygen atoms in total. The fourth-order valence-electron chi connectivity index (χ4n) is 2.60. The second-order valence-corrected chi connectivity index (χ2v) is 7.73. The van der Waals surface area contributed by atoms with Crippen LogP contribution in [0.4, 0.5) is 0 Å². The van der Waals surface area contributed by atoms with Gasteiger partial charge in [0.25, 0.3) is 0 Å². The number of nitrogens with one attached hydrogen (secondary N) is 1. The molecule has 0 radical (unpaired) electrons. The van der Waals surface area contributed by atoms with Gasteiger partial charge in [-0.2, -0.15) is 11.8 Å². The Morgan fingerprint density at radius 1 is 1.43 bits per heavy atom. The van der Waals surface area contributed by atoms with Gasteiger partial charge in [-0.15, -0.1) is 24.0 Å². The van der Waals surface area contributed by atoms with Crippen LogP contribution in [0.5, 0.6) is 5.75 Å². The van der Waals surface area contributed by atoms with Crippen LogP contribution < -0.4 is 15.8 Å². The predicted molar refractivity (Wildman–Crippen MR) is 111 cm³/mol. The average molecular weight is 449 g/mol. The largest absolute Gasteiger partial charge is 0.493 e. The summed E-state index contributed by atoms with van der Waals surface area (Å²) in [5, 5.41) is 3.80. The number of hydrogen-bond donors (Lipinski definition) is 2. The number of nitrogens with two attached hydrogens (primary N) is 1. The standard InChI is InChI=1S/C17H27N3OS.HI/c1-17(2,3)15(22-4)11-19-16(18)20-13-9-10-21-14-8-6-5-7-12(13)14;/h5-8,13,15H,9-11H2,1-4H3,(H3,18,19,20);1H. The van der Waals surface area contributed by atoms with Crippen molar-refractivity contribution >= 4 is 41.7 Å². The minimum atomic E-state index is 0. The lowest BCUT2D eigenvalue weighted by atomic mass is 9.92. The third-order valence-electron chi connectivity index (χ3n) is 3.96. The van der Waals surface area contributed by atoms with Crippen LogP contribution in [0.1, 0.15) is 38.8 Å². The highest BCUT2D eigenvalue weighted by atomic mass is 127. The van der Waals surface area contributed by atoms with Crippen molar-refractivity contribution < 1.29 is 4.74 Å². The van der Waals surface area contributed by atoms with Crippen molar-refractivity contribution in [1.82, 2.24) is 5.32 Å². The molecule has 2 rings (SSSR count). The van der Waals surface area contributed by atoms with Gasteiger partial charge in [0.1, 0.15) is 5.75 Å². The van der Waals surface area contributed by atoms with Gasteiger partial charge in [0.05, 0.1) is 19.2 Å². The molecule has 0 aromatic heterocycles. The molecule has 2 unspecified atom stereocenters. The third kappa shape index (κ3) is 5.74.